The van der Waals surface area contributed by atoms with E-state index in [1.54, 1.807) is 0 Å². The second-order valence-corrected chi connectivity index (χ2v) is 7.61. The number of unbranched alkanes of at least 4 members (excludes halogenated alkanes) is 8. The minimum atomic E-state index is -1.70. The minimum absolute atomic E-state index is 0.0825. The zero-order chi connectivity index (χ0) is 20.8. The molecule has 0 radical (unpaired) electrons. The molecule has 28 heavy (non-hydrogen) atoms. The maximum atomic E-state index is 12.2. The van der Waals surface area contributed by atoms with Gasteiger partial charge in [-0.25, -0.2) is 14.6 Å². The summed E-state index contributed by atoms with van der Waals surface area (Å²) in [5.41, 5.74) is 0.795. The van der Waals surface area contributed by atoms with Gasteiger partial charge in [0.15, 0.2) is 6.10 Å². The van der Waals surface area contributed by atoms with E-state index in [9.17, 15) is 14.7 Å². The van der Waals surface area contributed by atoms with Crippen molar-refractivity contribution in [3.8, 4) is 0 Å². The van der Waals surface area contributed by atoms with Crippen LogP contribution in [-0.2, 0) is 24.1 Å². The summed E-state index contributed by atoms with van der Waals surface area (Å²) in [6.07, 6.45) is 9.20. The largest absolute Gasteiger partial charge is 0.451 e. The number of carbonyl (C=O) groups is 2. The Morgan fingerprint density at radius 1 is 1.00 bits per heavy atom. The van der Waals surface area contributed by atoms with E-state index >= 15 is 0 Å². The molecule has 0 saturated carbocycles. The first-order valence-electron chi connectivity index (χ1n) is 10.9. The fraction of sp³-hybridized carbons (Fsp3) is 0.818. The van der Waals surface area contributed by atoms with Crippen LogP contribution in [0.1, 0.15) is 84.5 Å². The number of aliphatic hydroxyl groups excluding tert-OH is 1. The number of hydrogen-bond donors (Lipinski definition) is 1. The van der Waals surface area contributed by atoms with Crippen molar-refractivity contribution in [1.29, 1.82) is 0 Å². The molecule has 6 nitrogen and oxygen atoms in total. The molecule has 0 aliphatic carbocycles. The summed E-state index contributed by atoms with van der Waals surface area (Å²) in [4.78, 5) is 34.3. The maximum Gasteiger partial charge on any atom is 0.343 e. The molecule has 0 aromatic rings. The Kier molecular flexibility index (Phi) is 13.0. The molecule has 3 unspecified atom stereocenters. The Bertz CT molecular complexity index is 476. The molecule has 6 heteroatoms. The molecule has 0 amide bonds. The summed E-state index contributed by atoms with van der Waals surface area (Å²) in [7, 11) is 0. The van der Waals surface area contributed by atoms with Gasteiger partial charge in [-0.3, -0.25) is 4.79 Å². The van der Waals surface area contributed by atoms with Gasteiger partial charge in [0.05, 0.1) is 19.1 Å². The third kappa shape index (κ3) is 8.84. The number of hydrogen-bond acceptors (Lipinski definition) is 6. The van der Waals surface area contributed by atoms with Crippen molar-refractivity contribution >= 4 is 11.8 Å². The van der Waals surface area contributed by atoms with Gasteiger partial charge in [0.25, 0.3) is 0 Å². The van der Waals surface area contributed by atoms with Crippen LogP contribution in [0.15, 0.2) is 12.2 Å². The molecule has 0 spiro atoms. The van der Waals surface area contributed by atoms with Crippen molar-refractivity contribution in [1.82, 2.24) is 0 Å². The lowest BCUT2D eigenvalue weighted by molar-refractivity contribution is -0.302. The fourth-order valence-corrected chi connectivity index (χ4v) is 3.31. The summed E-state index contributed by atoms with van der Waals surface area (Å²) in [6, 6.07) is 0. The molecule has 1 aliphatic heterocycles. The van der Waals surface area contributed by atoms with E-state index in [0.717, 1.165) is 37.7 Å². The predicted molar refractivity (Wildman–Crippen MR) is 108 cm³/mol. The lowest BCUT2D eigenvalue weighted by Crippen LogP contribution is -2.34. The standard InChI is InChI=1S/C22H38O6/c1-4-6-8-10-12-14-17(3)18(21-19(23)20(24)22(25)28-21)16-27-26-15-13-11-9-7-5-2/h18,20-21,24H,3-16H2,1-2H3. The van der Waals surface area contributed by atoms with E-state index in [2.05, 4.69) is 20.4 Å². The van der Waals surface area contributed by atoms with Crippen LogP contribution >= 0.6 is 0 Å². The minimum Gasteiger partial charge on any atom is -0.451 e. The quantitative estimate of drug-likeness (QED) is 0.0983. The third-order valence-electron chi connectivity index (χ3n) is 5.17. The van der Waals surface area contributed by atoms with Gasteiger partial charge in [0.2, 0.25) is 11.9 Å². The predicted octanol–water partition coefficient (Wildman–Crippen LogP) is 4.29. The van der Waals surface area contributed by atoms with Crippen LogP contribution in [0.3, 0.4) is 0 Å². The van der Waals surface area contributed by atoms with Gasteiger partial charge in [0, 0.05) is 0 Å². The molecular weight excluding hydrogens is 360 g/mol. The number of ketones is 1. The smallest absolute Gasteiger partial charge is 0.343 e. The average Bonchev–Trinajstić information content (AvgIpc) is 2.93. The van der Waals surface area contributed by atoms with Crippen LogP contribution in [0.5, 0.6) is 0 Å². The first-order chi connectivity index (χ1) is 13.5. The van der Waals surface area contributed by atoms with Gasteiger partial charge in [-0.1, -0.05) is 77.4 Å². The van der Waals surface area contributed by atoms with Gasteiger partial charge in [0.1, 0.15) is 0 Å². The number of esters is 1. The van der Waals surface area contributed by atoms with E-state index in [0.29, 0.717) is 6.61 Å². The maximum absolute atomic E-state index is 12.2. The number of rotatable bonds is 17. The number of ether oxygens (including phenoxy) is 1. The summed E-state index contributed by atoms with van der Waals surface area (Å²) in [6.45, 7) is 9.00. The molecule has 1 aliphatic rings. The van der Waals surface area contributed by atoms with E-state index in [1.165, 1.54) is 38.5 Å². The summed E-state index contributed by atoms with van der Waals surface area (Å²) < 4.78 is 5.10. The van der Waals surface area contributed by atoms with Crippen LogP contribution in [0.25, 0.3) is 0 Å². The Hall–Kier alpha value is -1.24. The lowest BCUT2D eigenvalue weighted by atomic mass is 9.89. The molecule has 1 N–H and O–H groups in total. The Labute approximate surface area is 169 Å². The molecule has 1 saturated heterocycles. The second kappa shape index (κ2) is 14.7. The molecule has 0 aromatic heterocycles. The first-order valence-corrected chi connectivity index (χ1v) is 10.9. The Balaban J connectivity index is 2.46. The highest BCUT2D eigenvalue weighted by atomic mass is 17.2. The normalized spacial score (nSPS) is 20.4. The van der Waals surface area contributed by atoms with Crippen LogP contribution < -0.4 is 0 Å². The van der Waals surface area contributed by atoms with Gasteiger partial charge >= 0.3 is 5.97 Å². The van der Waals surface area contributed by atoms with Crippen molar-refractivity contribution < 1.29 is 29.2 Å². The number of carbonyl (C=O) groups excluding carboxylic acids is 2. The zero-order valence-electron chi connectivity index (χ0n) is 17.6. The van der Waals surface area contributed by atoms with Crippen LogP contribution in [0.4, 0.5) is 0 Å². The molecule has 0 aromatic carbocycles. The highest BCUT2D eigenvalue weighted by molar-refractivity contribution is 6.09. The molecule has 1 rings (SSSR count). The van der Waals surface area contributed by atoms with Gasteiger partial charge in [-0.15, -0.1) is 0 Å². The fourth-order valence-electron chi connectivity index (χ4n) is 3.31. The lowest BCUT2D eigenvalue weighted by Gasteiger charge is -2.23. The molecular formula is C22H38O6. The van der Waals surface area contributed by atoms with Gasteiger partial charge in [-0.05, 0) is 19.3 Å². The summed E-state index contributed by atoms with van der Waals surface area (Å²) in [5.74, 6) is -2.02. The second-order valence-electron chi connectivity index (χ2n) is 7.61. The molecule has 3 atom stereocenters. The topological polar surface area (TPSA) is 82.1 Å². The highest BCUT2D eigenvalue weighted by Gasteiger charge is 2.47. The third-order valence-corrected chi connectivity index (χ3v) is 5.17. The van der Waals surface area contributed by atoms with E-state index in [4.69, 9.17) is 14.5 Å². The molecule has 162 valence electrons. The van der Waals surface area contributed by atoms with Gasteiger partial charge < -0.3 is 9.84 Å². The molecule has 1 heterocycles. The monoisotopic (exact) mass is 398 g/mol. The number of Topliss-reactive ketones (excluding diaryl/α,β-unsaturated/α-hetero) is 1. The van der Waals surface area contributed by atoms with Crippen molar-refractivity contribution in [2.75, 3.05) is 13.2 Å². The van der Waals surface area contributed by atoms with Crippen molar-refractivity contribution in [2.24, 2.45) is 5.92 Å². The SMILES string of the molecule is C=C(CCCCCCC)C(COOCCCCCCC)C1OC(=O)C(O)C1=O. The van der Waals surface area contributed by atoms with Crippen LogP contribution in [-0.4, -0.2) is 42.3 Å². The van der Waals surface area contributed by atoms with Crippen LogP contribution in [0.2, 0.25) is 0 Å². The number of aliphatic hydroxyl groups is 1. The number of cyclic esters (lactones) is 1. The average molecular weight is 399 g/mol. The first kappa shape index (κ1) is 24.8. The Morgan fingerprint density at radius 2 is 1.61 bits per heavy atom. The van der Waals surface area contributed by atoms with E-state index in [1.807, 2.05) is 0 Å². The van der Waals surface area contributed by atoms with Crippen molar-refractivity contribution in [2.45, 2.75) is 96.7 Å². The van der Waals surface area contributed by atoms with Crippen LogP contribution in [0, 0.1) is 5.92 Å². The Morgan fingerprint density at radius 3 is 2.18 bits per heavy atom. The zero-order valence-corrected chi connectivity index (χ0v) is 17.6. The van der Waals surface area contributed by atoms with Gasteiger partial charge in [-0.2, -0.15) is 0 Å². The molecule has 1 fully saturated rings. The summed E-state index contributed by atoms with van der Waals surface area (Å²) in [5, 5.41) is 9.63. The van der Waals surface area contributed by atoms with E-state index in [-0.39, 0.29) is 6.61 Å². The molecule has 0 bridgehead atoms. The summed E-state index contributed by atoms with van der Waals surface area (Å²) >= 11 is 0. The van der Waals surface area contributed by atoms with E-state index < -0.39 is 29.9 Å². The van der Waals surface area contributed by atoms with Crippen molar-refractivity contribution in [3.05, 3.63) is 12.2 Å². The highest BCUT2D eigenvalue weighted by Crippen LogP contribution is 2.28. The van der Waals surface area contributed by atoms with Crippen molar-refractivity contribution in [3.63, 3.8) is 0 Å².